The summed E-state index contributed by atoms with van der Waals surface area (Å²) in [6.07, 6.45) is 0.975. The van der Waals surface area contributed by atoms with Crippen molar-refractivity contribution >= 4 is 11.6 Å². The smallest absolute Gasteiger partial charge is 0.272 e. The minimum Gasteiger partial charge on any atom is -0.350 e. The van der Waals surface area contributed by atoms with E-state index >= 15 is 0 Å². The summed E-state index contributed by atoms with van der Waals surface area (Å²) < 4.78 is 0. The summed E-state index contributed by atoms with van der Waals surface area (Å²) >= 11 is 0. The van der Waals surface area contributed by atoms with Crippen LogP contribution in [0.3, 0.4) is 0 Å². The monoisotopic (exact) mass is 279 g/mol. The first kappa shape index (κ1) is 16.1. The fourth-order valence-electron chi connectivity index (χ4n) is 1.85. The van der Waals surface area contributed by atoms with Crippen LogP contribution >= 0.6 is 0 Å². The summed E-state index contributed by atoms with van der Waals surface area (Å²) in [7, 11) is 0. The summed E-state index contributed by atoms with van der Waals surface area (Å²) in [6.45, 7) is 5.34. The molecule has 6 heteroatoms. The van der Waals surface area contributed by atoms with Gasteiger partial charge in [-0.1, -0.05) is 12.1 Å². The van der Waals surface area contributed by atoms with Gasteiger partial charge in [-0.05, 0) is 32.8 Å². The first-order valence-corrected chi connectivity index (χ1v) is 6.61. The molecule has 1 aromatic rings. The van der Waals surface area contributed by atoms with Crippen LogP contribution in [0.1, 0.15) is 43.9 Å². The molecule has 2 atom stereocenters. The predicted molar refractivity (Wildman–Crippen MR) is 77.3 cm³/mol. The summed E-state index contributed by atoms with van der Waals surface area (Å²) in [5.41, 5.74) is 6.99. The van der Waals surface area contributed by atoms with E-state index in [-0.39, 0.29) is 23.7 Å². The maximum Gasteiger partial charge on any atom is 0.272 e. The molecule has 20 heavy (non-hydrogen) atoms. The second-order valence-electron chi connectivity index (χ2n) is 5.11. The van der Waals surface area contributed by atoms with E-state index < -0.39 is 4.92 Å². The predicted octanol–water partition coefficient (Wildman–Crippen LogP) is 2.21. The van der Waals surface area contributed by atoms with Gasteiger partial charge < -0.3 is 11.1 Å². The van der Waals surface area contributed by atoms with E-state index in [1.54, 1.807) is 26.0 Å². The minimum absolute atomic E-state index is 0.0171. The molecule has 1 rings (SSSR count). The highest BCUT2D eigenvalue weighted by Crippen LogP contribution is 2.23. The van der Waals surface area contributed by atoms with Gasteiger partial charge >= 0.3 is 0 Å². The van der Waals surface area contributed by atoms with E-state index in [2.05, 4.69) is 5.32 Å². The lowest BCUT2D eigenvalue weighted by atomic mass is 10.0. The summed E-state index contributed by atoms with van der Waals surface area (Å²) in [6, 6.07) is 4.70. The molecule has 1 aromatic carbocycles. The SMILES string of the molecule is Cc1ccc(C(C)NC(=O)CCC(C)N)cc1[N+](=O)[O-]. The van der Waals surface area contributed by atoms with Gasteiger partial charge in [0.15, 0.2) is 0 Å². The summed E-state index contributed by atoms with van der Waals surface area (Å²) in [5.74, 6) is -0.0990. The van der Waals surface area contributed by atoms with Crippen LogP contribution in [0.25, 0.3) is 0 Å². The topological polar surface area (TPSA) is 98.3 Å². The molecule has 0 spiro atoms. The normalized spacial score (nSPS) is 13.6. The lowest BCUT2D eigenvalue weighted by Crippen LogP contribution is -2.28. The third-order valence-electron chi connectivity index (χ3n) is 3.13. The second-order valence-corrected chi connectivity index (χ2v) is 5.11. The van der Waals surface area contributed by atoms with E-state index in [0.29, 0.717) is 18.4 Å². The number of nitro benzene ring substituents is 1. The molecule has 3 N–H and O–H groups in total. The quantitative estimate of drug-likeness (QED) is 0.616. The number of nitrogens with one attached hydrogen (secondary N) is 1. The van der Waals surface area contributed by atoms with Crippen LogP contribution in [0.15, 0.2) is 18.2 Å². The van der Waals surface area contributed by atoms with Gasteiger partial charge in [0.25, 0.3) is 5.69 Å². The Hall–Kier alpha value is -1.95. The van der Waals surface area contributed by atoms with Gasteiger partial charge in [-0.2, -0.15) is 0 Å². The third kappa shape index (κ3) is 4.62. The summed E-state index contributed by atoms with van der Waals surface area (Å²) in [5, 5.41) is 13.7. The second kappa shape index (κ2) is 7.00. The van der Waals surface area contributed by atoms with Gasteiger partial charge in [-0.3, -0.25) is 14.9 Å². The number of carbonyl (C=O) groups excluding carboxylic acids is 1. The van der Waals surface area contributed by atoms with E-state index in [4.69, 9.17) is 5.73 Å². The molecule has 0 radical (unpaired) electrons. The maximum atomic E-state index is 11.7. The van der Waals surface area contributed by atoms with E-state index in [1.165, 1.54) is 6.07 Å². The molecule has 0 saturated carbocycles. The Labute approximate surface area is 118 Å². The van der Waals surface area contributed by atoms with E-state index in [9.17, 15) is 14.9 Å². The number of aryl methyl sites for hydroxylation is 1. The van der Waals surface area contributed by atoms with Crippen LogP contribution in [0, 0.1) is 17.0 Å². The highest BCUT2D eigenvalue weighted by molar-refractivity contribution is 5.76. The average Bonchev–Trinajstić information content (AvgIpc) is 2.36. The first-order valence-electron chi connectivity index (χ1n) is 6.61. The standard InChI is InChI=1S/C14H21N3O3/c1-9-4-6-12(8-13(9)17(19)20)11(3)16-14(18)7-5-10(2)15/h4,6,8,10-11H,5,7,15H2,1-3H3,(H,16,18). The highest BCUT2D eigenvalue weighted by Gasteiger charge is 2.15. The largest absolute Gasteiger partial charge is 0.350 e. The van der Waals surface area contributed by atoms with Crippen LogP contribution in [0.4, 0.5) is 5.69 Å². The molecule has 0 heterocycles. The molecular weight excluding hydrogens is 258 g/mol. The third-order valence-corrected chi connectivity index (χ3v) is 3.13. The fourth-order valence-corrected chi connectivity index (χ4v) is 1.85. The Morgan fingerprint density at radius 3 is 2.65 bits per heavy atom. The van der Waals surface area contributed by atoms with Crippen molar-refractivity contribution in [2.75, 3.05) is 0 Å². The van der Waals surface area contributed by atoms with Crippen molar-refractivity contribution < 1.29 is 9.72 Å². The fraction of sp³-hybridized carbons (Fsp3) is 0.500. The van der Waals surface area contributed by atoms with Gasteiger partial charge in [0.2, 0.25) is 5.91 Å². The molecule has 2 unspecified atom stereocenters. The van der Waals surface area contributed by atoms with E-state index in [0.717, 1.165) is 5.56 Å². The number of benzene rings is 1. The number of rotatable bonds is 6. The van der Waals surface area contributed by atoms with Gasteiger partial charge in [0.1, 0.15) is 0 Å². The van der Waals surface area contributed by atoms with Crippen molar-refractivity contribution in [2.45, 2.75) is 45.7 Å². The van der Waals surface area contributed by atoms with Gasteiger partial charge in [0, 0.05) is 24.1 Å². The minimum atomic E-state index is -0.413. The van der Waals surface area contributed by atoms with Crippen LogP contribution in [0.5, 0.6) is 0 Å². The Balaban J connectivity index is 2.72. The molecular formula is C14H21N3O3. The number of carbonyl (C=O) groups is 1. The van der Waals surface area contributed by atoms with Gasteiger partial charge in [-0.15, -0.1) is 0 Å². The van der Waals surface area contributed by atoms with Crippen molar-refractivity contribution in [3.63, 3.8) is 0 Å². The number of nitro groups is 1. The number of amides is 1. The van der Waals surface area contributed by atoms with E-state index in [1.807, 2.05) is 6.92 Å². The first-order chi connectivity index (χ1) is 9.31. The van der Waals surface area contributed by atoms with Crippen LogP contribution in [-0.2, 0) is 4.79 Å². The zero-order valence-electron chi connectivity index (χ0n) is 12.1. The molecule has 0 aliphatic heterocycles. The van der Waals surface area contributed by atoms with Gasteiger partial charge in [-0.25, -0.2) is 0 Å². The van der Waals surface area contributed by atoms with Crippen LogP contribution < -0.4 is 11.1 Å². The van der Waals surface area contributed by atoms with Crippen molar-refractivity contribution in [3.8, 4) is 0 Å². The maximum absolute atomic E-state index is 11.7. The van der Waals surface area contributed by atoms with Crippen LogP contribution in [-0.4, -0.2) is 16.9 Å². The Kier molecular flexibility index (Phi) is 5.64. The molecule has 0 saturated heterocycles. The number of nitrogens with zero attached hydrogens (tertiary/aromatic N) is 1. The van der Waals surface area contributed by atoms with Crippen molar-refractivity contribution in [1.82, 2.24) is 5.32 Å². The Bertz CT molecular complexity index is 500. The molecule has 0 fully saturated rings. The molecule has 1 amide bonds. The van der Waals surface area contributed by atoms with Crippen LogP contribution in [0.2, 0.25) is 0 Å². The zero-order valence-corrected chi connectivity index (χ0v) is 12.1. The summed E-state index contributed by atoms with van der Waals surface area (Å²) in [4.78, 5) is 22.2. The number of hydrogen-bond donors (Lipinski definition) is 2. The average molecular weight is 279 g/mol. The number of hydrogen-bond acceptors (Lipinski definition) is 4. The molecule has 0 aliphatic carbocycles. The number of nitrogens with two attached hydrogens (primary N) is 1. The molecule has 0 bridgehead atoms. The Morgan fingerprint density at radius 2 is 2.10 bits per heavy atom. The van der Waals surface area contributed by atoms with Gasteiger partial charge in [0.05, 0.1) is 11.0 Å². The lowest BCUT2D eigenvalue weighted by Gasteiger charge is -2.15. The molecule has 6 nitrogen and oxygen atoms in total. The highest BCUT2D eigenvalue weighted by atomic mass is 16.6. The molecule has 110 valence electrons. The Morgan fingerprint density at radius 1 is 1.45 bits per heavy atom. The molecule has 0 aliphatic rings. The van der Waals surface area contributed by atoms with Crippen molar-refractivity contribution in [1.29, 1.82) is 0 Å². The molecule has 0 aromatic heterocycles. The zero-order chi connectivity index (χ0) is 15.3. The van der Waals surface area contributed by atoms with Crippen molar-refractivity contribution in [2.24, 2.45) is 5.73 Å². The lowest BCUT2D eigenvalue weighted by molar-refractivity contribution is -0.385. The van der Waals surface area contributed by atoms with Crippen molar-refractivity contribution in [3.05, 3.63) is 39.4 Å².